The van der Waals surface area contributed by atoms with E-state index in [9.17, 15) is 13.2 Å². The largest absolute Gasteiger partial charge is 0.322 e. The molecular weight excluding hydrogens is 419 g/mol. The normalized spacial score (nSPS) is 11.1. The topological polar surface area (TPSA) is 66.5 Å². The smallest absolute Gasteiger partial charge is 0.264 e. The number of nitrogens with one attached hydrogen (secondary N) is 1. The first-order valence-corrected chi connectivity index (χ1v) is 10.4. The summed E-state index contributed by atoms with van der Waals surface area (Å²) in [7, 11) is -2.36. The molecule has 0 aliphatic heterocycles. The molecule has 3 aromatic carbocycles. The molecule has 144 valence electrons. The summed E-state index contributed by atoms with van der Waals surface area (Å²) in [6, 6.07) is 19.0. The van der Waals surface area contributed by atoms with Gasteiger partial charge in [0.15, 0.2) is 0 Å². The predicted octanol–water partition coefficient (Wildman–Crippen LogP) is 5.07. The number of benzene rings is 3. The Morgan fingerprint density at radius 1 is 0.893 bits per heavy atom. The highest BCUT2D eigenvalue weighted by atomic mass is 35.5. The van der Waals surface area contributed by atoms with Crippen LogP contribution >= 0.6 is 23.2 Å². The zero-order chi connectivity index (χ0) is 20.3. The molecule has 1 N–H and O–H groups in total. The summed E-state index contributed by atoms with van der Waals surface area (Å²) in [6.07, 6.45) is 0. The first-order valence-electron chi connectivity index (χ1n) is 8.19. The summed E-state index contributed by atoms with van der Waals surface area (Å²) in [5, 5.41) is 3.68. The van der Waals surface area contributed by atoms with Crippen LogP contribution in [0.1, 0.15) is 10.4 Å². The number of carbonyl (C=O) groups excluding carboxylic acids is 1. The maximum Gasteiger partial charge on any atom is 0.264 e. The van der Waals surface area contributed by atoms with Crippen LogP contribution in [-0.2, 0) is 10.0 Å². The molecule has 5 nitrogen and oxygen atoms in total. The summed E-state index contributed by atoms with van der Waals surface area (Å²) in [6.45, 7) is 0. The van der Waals surface area contributed by atoms with Gasteiger partial charge in [-0.25, -0.2) is 8.42 Å². The van der Waals surface area contributed by atoms with E-state index in [1.165, 1.54) is 37.4 Å². The molecule has 0 radical (unpaired) electrons. The third kappa shape index (κ3) is 4.47. The highest BCUT2D eigenvalue weighted by Crippen LogP contribution is 2.24. The second-order valence-corrected chi connectivity index (χ2v) is 8.78. The van der Waals surface area contributed by atoms with Crippen LogP contribution in [0.5, 0.6) is 0 Å². The first-order chi connectivity index (χ1) is 13.3. The quantitative estimate of drug-likeness (QED) is 0.609. The molecule has 0 saturated heterocycles. The van der Waals surface area contributed by atoms with Crippen LogP contribution in [0.2, 0.25) is 10.0 Å². The van der Waals surface area contributed by atoms with E-state index in [1.807, 2.05) is 0 Å². The van der Waals surface area contributed by atoms with E-state index in [-0.39, 0.29) is 10.8 Å². The third-order valence-electron chi connectivity index (χ3n) is 4.03. The van der Waals surface area contributed by atoms with Crippen molar-refractivity contribution in [2.24, 2.45) is 0 Å². The number of hydrogen-bond acceptors (Lipinski definition) is 3. The van der Waals surface area contributed by atoms with Crippen LogP contribution in [0.3, 0.4) is 0 Å². The van der Waals surface area contributed by atoms with Crippen molar-refractivity contribution in [2.45, 2.75) is 4.90 Å². The molecule has 8 heteroatoms. The molecule has 0 spiro atoms. The lowest BCUT2D eigenvalue weighted by Gasteiger charge is -2.20. The SMILES string of the molecule is CN(c1cccc(C(=O)Nc2cccc(Cl)c2)c1)S(=O)(=O)c1ccc(Cl)cc1. The molecule has 0 fully saturated rings. The molecule has 0 bridgehead atoms. The highest BCUT2D eigenvalue weighted by molar-refractivity contribution is 7.92. The Morgan fingerprint density at radius 3 is 2.25 bits per heavy atom. The van der Waals surface area contributed by atoms with Gasteiger partial charge in [-0.3, -0.25) is 9.10 Å². The Balaban J connectivity index is 1.85. The van der Waals surface area contributed by atoms with Crippen molar-refractivity contribution < 1.29 is 13.2 Å². The van der Waals surface area contributed by atoms with Gasteiger partial charge in [0.1, 0.15) is 0 Å². The van der Waals surface area contributed by atoms with Crippen LogP contribution in [0, 0.1) is 0 Å². The van der Waals surface area contributed by atoms with Crippen LogP contribution in [0.25, 0.3) is 0 Å². The summed E-state index contributed by atoms with van der Waals surface area (Å²) < 4.78 is 26.8. The van der Waals surface area contributed by atoms with E-state index >= 15 is 0 Å². The van der Waals surface area contributed by atoms with Crippen molar-refractivity contribution in [2.75, 3.05) is 16.7 Å². The molecule has 0 unspecified atom stereocenters. The van der Waals surface area contributed by atoms with Gasteiger partial charge in [0.05, 0.1) is 10.6 Å². The van der Waals surface area contributed by atoms with Gasteiger partial charge in [-0.15, -0.1) is 0 Å². The van der Waals surface area contributed by atoms with E-state index in [1.54, 1.807) is 42.5 Å². The van der Waals surface area contributed by atoms with E-state index in [2.05, 4.69) is 5.32 Å². The average Bonchev–Trinajstić information content (AvgIpc) is 2.68. The zero-order valence-electron chi connectivity index (χ0n) is 14.8. The fourth-order valence-corrected chi connectivity index (χ4v) is 4.02. The highest BCUT2D eigenvalue weighted by Gasteiger charge is 2.22. The molecule has 0 aromatic heterocycles. The predicted molar refractivity (Wildman–Crippen MR) is 113 cm³/mol. The lowest BCUT2D eigenvalue weighted by atomic mass is 10.2. The van der Waals surface area contributed by atoms with Crippen molar-refractivity contribution in [1.82, 2.24) is 0 Å². The van der Waals surface area contributed by atoms with Crippen molar-refractivity contribution in [1.29, 1.82) is 0 Å². The number of amides is 1. The van der Waals surface area contributed by atoms with Crippen LogP contribution in [-0.4, -0.2) is 21.4 Å². The molecule has 28 heavy (non-hydrogen) atoms. The maximum absolute atomic E-state index is 12.8. The molecule has 0 aliphatic rings. The number of nitrogens with zero attached hydrogens (tertiary/aromatic N) is 1. The fourth-order valence-electron chi connectivity index (χ4n) is 2.52. The number of anilines is 2. The molecule has 1 amide bonds. The van der Waals surface area contributed by atoms with Gasteiger partial charge in [0.25, 0.3) is 15.9 Å². The Bertz CT molecular complexity index is 1120. The minimum atomic E-state index is -3.79. The lowest BCUT2D eigenvalue weighted by Crippen LogP contribution is -2.26. The summed E-state index contributed by atoms with van der Waals surface area (Å²) in [5.74, 6) is -0.374. The zero-order valence-corrected chi connectivity index (χ0v) is 17.1. The molecule has 3 rings (SSSR count). The Hall–Kier alpha value is -2.54. The van der Waals surface area contributed by atoms with Crippen molar-refractivity contribution in [3.8, 4) is 0 Å². The molecule has 3 aromatic rings. The summed E-state index contributed by atoms with van der Waals surface area (Å²) in [4.78, 5) is 12.6. The summed E-state index contributed by atoms with van der Waals surface area (Å²) in [5.41, 5.74) is 1.22. The van der Waals surface area contributed by atoms with Gasteiger partial charge >= 0.3 is 0 Å². The van der Waals surface area contributed by atoms with Crippen LogP contribution < -0.4 is 9.62 Å². The number of rotatable bonds is 5. The van der Waals surface area contributed by atoms with E-state index < -0.39 is 10.0 Å². The van der Waals surface area contributed by atoms with Crippen molar-refractivity contribution in [3.05, 3.63) is 88.4 Å². The Morgan fingerprint density at radius 2 is 1.57 bits per heavy atom. The third-order valence-corrected chi connectivity index (χ3v) is 6.31. The van der Waals surface area contributed by atoms with Gasteiger partial charge in [0.2, 0.25) is 0 Å². The lowest BCUT2D eigenvalue weighted by molar-refractivity contribution is 0.102. The number of carbonyl (C=O) groups is 1. The monoisotopic (exact) mass is 434 g/mol. The second-order valence-electron chi connectivity index (χ2n) is 5.94. The first kappa shape index (κ1) is 20.2. The van der Waals surface area contributed by atoms with Gasteiger partial charge in [-0.05, 0) is 60.7 Å². The van der Waals surface area contributed by atoms with E-state index in [4.69, 9.17) is 23.2 Å². The van der Waals surface area contributed by atoms with Crippen molar-refractivity contribution >= 4 is 50.5 Å². The molecule has 0 aliphatic carbocycles. The standard InChI is InChI=1S/C20H16Cl2N2O3S/c1-24(28(26,27)19-10-8-15(21)9-11-19)18-7-2-4-14(12-18)20(25)23-17-6-3-5-16(22)13-17/h2-13H,1H3,(H,23,25). The molecule has 0 heterocycles. The number of hydrogen-bond donors (Lipinski definition) is 1. The van der Waals surface area contributed by atoms with Crippen molar-refractivity contribution in [3.63, 3.8) is 0 Å². The molecule has 0 atom stereocenters. The van der Waals surface area contributed by atoms with E-state index in [0.717, 1.165) is 4.31 Å². The summed E-state index contributed by atoms with van der Waals surface area (Å²) >= 11 is 11.8. The van der Waals surface area contributed by atoms with Gasteiger partial charge in [-0.1, -0.05) is 35.3 Å². The number of halogens is 2. The minimum Gasteiger partial charge on any atom is -0.322 e. The van der Waals surface area contributed by atoms with E-state index in [0.29, 0.717) is 27.0 Å². The van der Waals surface area contributed by atoms with Crippen LogP contribution in [0.4, 0.5) is 11.4 Å². The minimum absolute atomic E-state index is 0.105. The Kier molecular flexibility index (Phi) is 5.93. The van der Waals surface area contributed by atoms with Gasteiger partial charge in [0, 0.05) is 28.3 Å². The molecular formula is C20H16Cl2N2O3S. The van der Waals surface area contributed by atoms with Gasteiger partial charge < -0.3 is 5.32 Å². The average molecular weight is 435 g/mol. The number of sulfonamides is 1. The second kappa shape index (κ2) is 8.22. The fraction of sp³-hybridized carbons (Fsp3) is 0.0500. The van der Waals surface area contributed by atoms with Gasteiger partial charge in [-0.2, -0.15) is 0 Å². The Labute approximate surface area is 173 Å². The maximum atomic E-state index is 12.8. The molecule has 0 saturated carbocycles. The van der Waals surface area contributed by atoms with Crippen LogP contribution in [0.15, 0.2) is 77.7 Å².